The third kappa shape index (κ3) is 39.6. The molecule has 1 heterocycles. The molecule has 0 atom stereocenters. The Balaban J connectivity index is -0.000000192. The molecule has 0 spiro atoms. The molecule has 0 aliphatic rings. The van der Waals surface area contributed by atoms with E-state index in [2.05, 4.69) is 26.3 Å². The summed E-state index contributed by atoms with van der Waals surface area (Å²) in [5.74, 6) is -0.831. The Bertz CT molecular complexity index is 4030. The summed E-state index contributed by atoms with van der Waals surface area (Å²) >= 11 is 0. The van der Waals surface area contributed by atoms with Crippen molar-refractivity contribution in [3.05, 3.63) is 173 Å². The van der Waals surface area contributed by atoms with Crippen LogP contribution in [0.2, 0.25) is 0 Å². The van der Waals surface area contributed by atoms with E-state index >= 15 is 0 Å². The van der Waals surface area contributed by atoms with Crippen molar-refractivity contribution in [1.29, 1.82) is 0 Å². The number of halogens is 1. The summed E-state index contributed by atoms with van der Waals surface area (Å²) in [4.78, 5) is 46.9. The number of nitrogens with zero attached hydrogens (tertiary/aromatic N) is 1. The molecule has 7 aromatic rings. The third-order valence-electron chi connectivity index (χ3n) is 10.8. The first-order chi connectivity index (χ1) is 40.7. The van der Waals surface area contributed by atoms with Crippen LogP contribution in [0.25, 0.3) is 0 Å². The van der Waals surface area contributed by atoms with E-state index in [1.807, 2.05) is 18.2 Å². The minimum absolute atomic E-state index is 0. The van der Waals surface area contributed by atoms with Gasteiger partial charge in [-0.15, -0.1) is 0 Å². The second kappa shape index (κ2) is 46.0. The number of hydrogen-bond acceptors (Lipinski definition) is 22. The first kappa shape index (κ1) is 102. The Morgan fingerprint density at radius 3 is 0.927 bits per heavy atom. The second-order valence-electron chi connectivity index (χ2n) is 18.4. The maximum atomic E-state index is 11.0. The molecule has 7 rings (SSSR count). The Hall–Kier alpha value is -7.34. The van der Waals surface area contributed by atoms with Crippen molar-refractivity contribution in [2.45, 2.75) is 121 Å². The van der Waals surface area contributed by atoms with E-state index in [1.54, 1.807) is 60.0 Å². The molecule has 38 heteroatoms. The molecule has 0 radical (unpaired) electrons. The molecule has 0 bridgehead atoms. The molecule has 96 heavy (non-hydrogen) atoms. The second-order valence-corrected chi connectivity index (χ2v) is 27.9. The maximum absolute atomic E-state index is 11.0. The Kier molecular flexibility index (Phi) is 48.9. The van der Waals surface area contributed by atoms with Crippen LogP contribution in [-0.2, 0) is 87.6 Å². The van der Waals surface area contributed by atoms with Gasteiger partial charge >= 0.3 is 29.6 Å². The number of sulfonamides is 2. The molecular weight excluding hydrogens is 1410 g/mol. The minimum atomic E-state index is -4.18. The van der Waals surface area contributed by atoms with Crippen molar-refractivity contribution < 1.29 is 119 Å². The van der Waals surface area contributed by atoms with Gasteiger partial charge in [-0.2, -0.15) is 16.8 Å². The number of rotatable bonds is 10. The molecule has 0 unspecified atom stereocenters. The molecule has 1 aromatic heterocycles. The van der Waals surface area contributed by atoms with Crippen LogP contribution in [0.1, 0.15) is 83.4 Å². The molecule has 0 aliphatic heterocycles. The van der Waals surface area contributed by atoms with Gasteiger partial charge in [0.15, 0.2) is 0 Å². The van der Waals surface area contributed by atoms with E-state index in [-0.39, 0.29) is 122 Å². The van der Waals surface area contributed by atoms with Gasteiger partial charge < -0.3 is 58.3 Å². The van der Waals surface area contributed by atoms with Gasteiger partial charge in [0.05, 0.1) is 24.5 Å². The number of nitrogen functional groups attached to an aromatic ring is 2. The first-order valence-corrected chi connectivity index (χ1v) is 34.2. The van der Waals surface area contributed by atoms with Gasteiger partial charge in [-0.25, -0.2) is 35.5 Å². The van der Waals surface area contributed by atoms with Crippen LogP contribution in [0.5, 0.6) is 0 Å². The molecule has 20 N–H and O–H groups in total. The smallest absolute Gasteiger partial charge is 0.870 e. The van der Waals surface area contributed by atoms with Crippen LogP contribution in [-0.4, -0.2) is 90.8 Å². The summed E-state index contributed by atoms with van der Waals surface area (Å²) in [6, 6.07) is 31.1. The largest absolute Gasteiger partial charge is 1.00 e. The van der Waals surface area contributed by atoms with Crippen LogP contribution >= 0.6 is 10.7 Å². The van der Waals surface area contributed by atoms with E-state index in [0.29, 0.717) is 61.9 Å². The molecule has 4 amide bonds. The first-order valence-electron chi connectivity index (χ1n) is 24.9. The normalized spacial score (nSPS) is 10.1. The summed E-state index contributed by atoms with van der Waals surface area (Å²) in [6.45, 7) is 15.7. The number of aryl methyl sites for hydroxylation is 6. The monoisotopic (exact) mass is 1490 g/mol. The molecule has 0 aliphatic carbocycles. The number of aromatic nitrogens is 1. The summed E-state index contributed by atoms with van der Waals surface area (Å²) in [6.07, 6.45) is 3.50. The number of carbonyl (C=O) groups excluding carboxylic acids is 4. The standard InChI is InChI=1S/C9H10ClNO3S.C9H12N2O3S.C9H11NO4S.C9H10NO3S.C7H10N2O2S.C7H9NO3S.C5H5N.3CH4.H3N.Na.2H2O/c2*1-6-5-8(15(10,13)14)3-4-9(6)11-7(2)12;1-6-5-8(15(12,13)14)3-4-9(6)10-7(2)11;1-6-5-8(14(12)13)3-4-9(6)10-7(2)11;2*1-5-4-6(12(9,10)11)2-3-7(5)8;1-2-4-6-5-3-1;;;;;;;/h3-5H,1-2H3,(H,11,12);3-5H,1-2H3,(H,11,12)(H2,10,13,14);3-5H,1-2H3,(H,10,11)(H,12,13,14);3-5H,1-2H3,(H,10,11);2-4H,8H2,1H3,(H2,9,10,11);2-4H,8H2,1H3,(H,9,10,11);1-5H;3*1H4;1H3;;2*1H2/q;;;-1;;;;;;;;+1;;/p-1. The van der Waals surface area contributed by atoms with Gasteiger partial charge in [0.1, 0.15) is 0 Å². The Morgan fingerprint density at radius 1 is 0.438 bits per heavy atom. The Labute approximate surface area is 591 Å². The maximum Gasteiger partial charge on any atom is 1.00 e. The van der Waals surface area contributed by atoms with Crippen molar-refractivity contribution >= 4 is 128 Å². The zero-order chi connectivity index (χ0) is 68.6. The molecule has 0 fully saturated rings. The van der Waals surface area contributed by atoms with E-state index in [1.165, 1.54) is 131 Å². The summed E-state index contributed by atoms with van der Waals surface area (Å²) in [5, 5.41) is 20.2. The van der Waals surface area contributed by atoms with Crippen LogP contribution in [0.4, 0.5) is 34.1 Å². The predicted molar refractivity (Wildman–Crippen MR) is 371 cm³/mol. The fourth-order valence-electron chi connectivity index (χ4n) is 6.40. The van der Waals surface area contributed by atoms with Gasteiger partial charge in [0, 0.05) is 84.9 Å². The van der Waals surface area contributed by atoms with Gasteiger partial charge in [-0.1, -0.05) is 45.4 Å². The number of benzene rings is 6. The van der Waals surface area contributed by atoms with Crippen LogP contribution in [0.3, 0.4) is 0 Å². The number of pyridine rings is 1. The molecule has 532 valence electrons. The van der Waals surface area contributed by atoms with Crippen molar-refractivity contribution in [3.8, 4) is 0 Å². The number of anilines is 6. The van der Waals surface area contributed by atoms with Crippen molar-refractivity contribution in [3.63, 3.8) is 0 Å². The molecule has 6 aromatic carbocycles. The number of primary sulfonamides is 2. The predicted octanol–water partition coefficient (Wildman–Crippen LogP) is 5.51. The summed E-state index contributed by atoms with van der Waals surface area (Å²) in [5.41, 5.74) is 18.2. The summed E-state index contributed by atoms with van der Waals surface area (Å²) < 4.78 is 147. The topological polar surface area (TPSA) is 575 Å². The molecule has 30 nitrogen and oxygen atoms in total. The zero-order valence-electron chi connectivity index (χ0n) is 51.9. The van der Waals surface area contributed by atoms with Crippen LogP contribution < -0.4 is 78.7 Å². The van der Waals surface area contributed by atoms with E-state index < -0.39 is 60.0 Å². The Morgan fingerprint density at radius 2 is 0.688 bits per heavy atom. The fraction of sp³-hybridized carbons (Fsp3) is 0.224. The number of amides is 4. The summed E-state index contributed by atoms with van der Waals surface area (Å²) in [7, 11) is -16.3. The number of nitrogens with two attached hydrogens (primary N) is 4. The molecule has 0 saturated carbocycles. The fourth-order valence-corrected chi connectivity index (χ4v) is 10.0. The number of carbonyl (C=O) groups is 4. The SMILES string of the molecule is C.C.C.CC(=O)Nc1ccc(S(=O)(=O)Cl)cc1C.CC(=O)Nc1ccc(S(=O)(=O)O)cc1C.CC(=O)Nc1ccc(S(N)(=O)=O)cc1C.CC(=O)Nc1ccc([S-](=O)=O)cc1C.Cc1cc(S(=O)(=O)O)ccc1N.Cc1cc(S(N)(=O)=O)ccc1N.N.O.[Na+].[OH-].c1ccncc1. The zero-order valence-corrected chi connectivity index (χ0v) is 59.6. The third-order valence-corrected chi connectivity index (χ3v) is 16.3. The van der Waals surface area contributed by atoms with Crippen LogP contribution in [0.15, 0.2) is 169 Å². The number of hydrogen-bond donors (Lipinski definition) is 11. The van der Waals surface area contributed by atoms with Gasteiger partial charge in [-0.05, 0) is 195 Å². The van der Waals surface area contributed by atoms with Crippen molar-refractivity contribution in [1.82, 2.24) is 11.1 Å². The quantitative estimate of drug-likeness (QED) is 0.0264. The number of nitrogens with one attached hydrogen (secondary N) is 4. The van der Waals surface area contributed by atoms with Gasteiger partial charge in [0.2, 0.25) is 43.7 Å². The van der Waals surface area contributed by atoms with E-state index in [4.69, 9.17) is 41.5 Å². The molecular formula is C58H85ClN10NaO20S6-. The van der Waals surface area contributed by atoms with E-state index in [0.717, 1.165) is 5.56 Å². The average Bonchev–Trinajstić information content (AvgIpc) is 0.877. The van der Waals surface area contributed by atoms with Gasteiger partial charge in [0.25, 0.3) is 29.3 Å². The van der Waals surface area contributed by atoms with Crippen molar-refractivity contribution in [2.24, 2.45) is 10.3 Å². The molecule has 0 saturated heterocycles. The van der Waals surface area contributed by atoms with Crippen molar-refractivity contribution in [2.75, 3.05) is 32.7 Å². The van der Waals surface area contributed by atoms with E-state index in [9.17, 15) is 69.7 Å². The van der Waals surface area contributed by atoms with Crippen LogP contribution in [0, 0.1) is 41.5 Å². The van der Waals surface area contributed by atoms with Gasteiger partial charge in [-0.3, -0.25) is 33.3 Å². The minimum Gasteiger partial charge on any atom is -0.870 e. The average molecular weight is 1490 g/mol.